The number of halogens is 1. The summed E-state index contributed by atoms with van der Waals surface area (Å²) < 4.78 is 2.79. The molecule has 0 amide bonds. The van der Waals surface area contributed by atoms with Gasteiger partial charge >= 0.3 is 0 Å². The number of pyridine rings is 1. The topological polar surface area (TPSA) is 30.7 Å². The van der Waals surface area contributed by atoms with Crippen LogP contribution in [0.2, 0.25) is 0 Å². The number of aromatic nitrogens is 3. The molecule has 14 heavy (non-hydrogen) atoms. The Kier molecular flexibility index (Phi) is 2.63. The molecule has 2 rings (SSSR count). The fourth-order valence-corrected chi connectivity index (χ4v) is 1.51. The van der Waals surface area contributed by atoms with Crippen molar-refractivity contribution in [1.29, 1.82) is 0 Å². The molecule has 0 N–H and O–H groups in total. The van der Waals surface area contributed by atoms with Crippen LogP contribution in [0.25, 0.3) is 5.82 Å². The summed E-state index contributed by atoms with van der Waals surface area (Å²) in [6.07, 6.45) is 6.61. The summed E-state index contributed by atoms with van der Waals surface area (Å²) in [6, 6.07) is 3.83. The molecule has 3 nitrogen and oxygen atoms in total. The zero-order valence-electron chi connectivity index (χ0n) is 7.81. The van der Waals surface area contributed by atoms with E-state index < -0.39 is 0 Å². The summed E-state index contributed by atoms with van der Waals surface area (Å²) in [7, 11) is 0. The average molecular weight is 252 g/mol. The van der Waals surface area contributed by atoms with E-state index in [1.165, 1.54) is 5.56 Å². The molecule has 0 saturated carbocycles. The highest BCUT2D eigenvalue weighted by molar-refractivity contribution is 9.10. The maximum absolute atomic E-state index is 4.23. The van der Waals surface area contributed by atoms with Crippen molar-refractivity contribution in [1.82, 2.24) is 14.8 Å². The zero-order valence-corrected chi connectivity index (χ0v) is 9.40. The normalized spacial score (nSPS) is 10.4. The molecule has 2 heterocycles. The molecule has 0 aliphatic heterocycles. The van der Waals surface area contributed by atoms with Gasteiger partial charge in [-0.3, -0.25) is 0 Å². The van der Waals surface area contributed by atoms with Crippen molar-refractivity contribution in [2.75, 3.05) is 0 Å². The van der Waals surface area contributed by atoms with Crippen molar-refractivity contribution in [2.45, 2.75) is 13.3 Å². The minimum Gasteiger partial charge on any atom is -0.237 e. The lowest BCUT2D eigenvalue weighted by molar-refractivity contribution is 0.845. The SMILES string of the molecule is CCc1cnn(-c2cc(Br)ccn2)c1. The molecule has 0 aromatic carbocycles. The molecule has 0 fully saturated rings. The predicted molar refractivity (Wildman–Crippen MR) is 58.4 cm³/mol. The van der Waals surface area contributed by atoms with Gasteiger partial charge in [0.2, 0.25) is 0 Å². The van der Waals surface area contributed by atoms with Crippen LogP contribution in [0.15, 0.2) is 35.2 Å². The van der Waals surface area contributed by atoms with Crippen molar-refractivity contribution >= 4 is 15.9 Å². The van der Waals surface area contributed by atoms with Gasteiger partial charge in [0.1, 0.15) is 0 Å². The van der Waals surface area contributed by atoms with Gasteiger partial charge in [0.05, 0.1) is 6.20 Å². The van der Waals surface area contributed by atoms with Gasteiger partial charge in [0, 0.05) is 16.9 Å². The van der Waals surface area contributed by atoms with E-state index in [2.05, 4.69) is 32.9 Å². The van der Waals surface area contributed by atoms with Gasteiger partial charge in [0.15, 0.2) is 5.82 Å². The van der Waals surface area contributed by atoms with Gasteiger partial charge in [-0.25, -0.2) is 9.67 Å². The fraction of sp³-hybridized carbons (Fsp3) is 0.200. The average Bonchev–Trinajstić information content (AvgIpc) is 2.66. The molecule has 4 heteroatoms. The third kappa shape index (κ3) is 1.85. The molecule has 2 aromatic rings. The number of rotatable bonds is 2. The van der Waals surface area contributed by atoms with E-state index in [4.69, 9.17) is 0 Å². The predicted octanol–water partition coefficient (Wildman–Crippen LogP) is 2.59. The van der Waals surface area contributed by atoms with Gasteiger partial charge in [0.25, 0.3) is 0 Å². The molecular weight excluding hydrogens is 242 g/mol. The van der Waals surface area contributed by atoms with Gasteiger partial charge in [-0.05, 0) is 24.1 Å². The number of hydrogen-bond donors (Lipinski definition) is 0. The van der Waals surface area contributed by atoms with E-state index in [1.807, 2.05) is 24.5 Å². The van der Waals surface area contributed by atoms with E-state index in [0.717, 1.165) is 16.7 Å². The Morgan fingerprint density at radius 2 is 2.36 bits per heavy atom. The molecule has 0 aliphatic rings. The first-order chi connectivity index (χ1) is 6.79. The van der Waals surface area contributed by atoms with E-state index >= 15 is 0 Å². The van der Waals surface area contributed by atoms with Crippen molar-refractivity contribution in [2.24, 2.45) is 0 Å². The first-order valence-electron chi connectivity index (χ1n) is 4.45. The summed E-state index contributed by atoms with van der Waals surface area (Å²) in [5, 5.41) is 4.23. The van der Waals surface area contributed by atoms with Gasteiger partial charge in [-0.1, -0.05) is 22.9 Å². The lowest BCUT2D eigenvalue weighted by atomic mass is 10.3. The van der Waals surface area contributed by atoms with E-state index in [9.17, 15) is 0 Å². The third-order valence-corrected chi connectivity index (χ3v) is 2.48. The van der Waals surface area contributed by atoms with E-state index in [-0.39, 0.29) is 0 Å². The highest BCUT2D eigenvalue weighted by Crippen LogP contribution is 2.12. The van der Waals surface area contributed by atoms with Crippen LogP contribution < -0.4 is 0 Å². The number of aryl methyl sites for hydroxylation is 1. The lowest BCUT2D eigenvalue weighted by Gasteiger charge is -1.99. The van der Waals surface area contributed by atoms with Crippen LogP contribution in [0.5, 0.6) is 0 Å². The summed E-state index contributed by atoms with van der Waals surface area (Å²) in [5.74, 6) is 0.832. The molecule has 0 saturated heterocycles. The zero-order chi connectivity index (χ0) is 9.97. The van der Waals surface area contributed by atoms with Crippen LogP contribution in [0.1, 0.15) is 12.5 Å². The summed E-state index contributed by atoms with van der Waals surface area (Å²) in [6.45, 7) is 2.11. The van der Waals surface area contributed by atoms with Crippen LogP contribution in [0.3, 0.4) is 0 Å². The molecule has 0 atom stereocenters. The Morgan fingerprint density at radius 1 is 1.50 bits per heavy atom. The maximum atomic E-state index is 4.23. The molecular formula is C10H10BrN3. The monoisotopic (exact) mass is 251 g/mol. The fourth-order valence-electron chi connectivity index (χ4n) is 1.19. The molecule has 72 valence electrons. The highest BCUT2D eigenvalue weighted by Gasteiger charge is 2.00. The third-order valence-electron chi connectivity index (χ3n) is 1.99. The Balaban J connectivity index is 2.39. The Morgan fingerprint density at radius 3 is 3.00 bits per heavy atom. The largest absolute Gasteiger partial charge is 0.237 e. The van der Waals surface area contributed by atoms with Crippen molar-refractivity contribution in [3.8, 4) is 5.82 Å². The molecule has 0 bridgehead atoms. The molecule has 2 aromatic heterocycles. The quantitative estimate of drug-likeness (QED) is 0.822. The second-order valence-electron chi connectivity index (χ2n) is 2.98. The Bertz CT molecular complexity index is 436. The smallest absolute Gasteiger partial charge is 0.154 e. The summed E-state index contributed by atoms with van der Waals surface area (Å²) in [4.78, 5) is 4.23. The van der Waals surface area contributed by atoms with Crippen molar-refractivity contribution in [3.63, 3.8) is 0 Å². The molecule has 0 aliphatic carbocycles. The van der Waals surface area contributed by atoms with Crippen LogP contribution in [-0.2, 0) is 6.42 Å². The van der Waals surface area contributed by atoms with Gasteiger partial charge in [-0.15, -0.1) is 0 Å². The standard InChI is InChI=1S/C10H10BrN3/c1-2-8-6-13-14(7-8)10-5-9(11)3-4-12-10/h3-7H,2H2,1H3. The molecule has 0 radical (unpaired) electrons. The summed E-state index contributed by atoms with van der Waals surface area (Å²) in [5.41, 5.74) is 1.21. The van der Waals surface area contributed by atoms with Gasteiger partial charge in [-0.2, -0.15) is 5.10 Å². The summed E-state index contributed by atoms with van der Waals surface area (Å²) >= 11 is 3.40. The second kappa shape index (κ2) is 3.92. The van der Waals surface area contributed by atoms with E-state index in [0.29, 0.717) is 0 Å². The first-order valence-corrected chi connectivity index (χ1v) is 5.24. The second-order valence-corrected chi connectivity index (χ2v) is 3.89. The van der Waals surface area contributed by atoms with Crippen LogP contribution in [-0.4, -0.2) is 14.8 Å². The van der Waals surface area contributed by atoms with Crippen molar-refractivity contribution < 1.29 is 0 Å². The Labute approximate surface area is 90.9 Å². The van der Waals surface area contributed by atoms with Crippen molar-refractivity contribution in [3.05, 3.63) is 40.8 Å². The number of hydrogen-bond acceptors (Lipinski definition) is 2. The molecule has 0 unspecified atom stereocenters. The number of nitrogens with zero attached hydrogens (tertiary/aromatic N) is 3. The minimum atomic E-state index is 0.832. The van der Waals surface area contributed by atoms with Crippen LogP contribution in [0, 0.1) is 0 Å². The van der Waals surface area contributed by atoms with Crippen LogP contribution >= 0.6 is 15.9 Å². The van der Waals surface area contributed by atoms with Crippen LogP contribution in [0.4, 0.5) is 0 Å². The van der Waals surface area contributed by atoms with E-state index in [1.54, 1.807) is 10.9 Å². The maximum Gasteiger partial charge on any atom is 0.154 e. The Hall–Kier alpha value is -1.16. The minimum absolute atomic E-state index is 0.832. The lowest BCUT2D eigenvalue weighted by Crippen LogP contribution is -1.96. The van der Waals surface area contributed by atoms with Gasteiger partial charge < -0.3 is 0 Å². The first kappa shape index (κ1) is 9.40. The molecule has 0 spiro atoms. The highest BCUT2D eigenvalue weighted by atomic mass is 79.9.